The van der Waals surface area contributed by atoms with Crippen molar-refractivity contribution in [1.29, 1.82) is 0 Å². The Bertz CT molecular complexity index is 1020. The maximum absolute atomic E-state index is 13.2. The van der Waals surface area contributed by atoms with Crippen LogP contribution in [0.3, 0.4) is 0 Å². The van der Waals surface area contributed by atoms with Crippen LogP contribution in [0.25, 0.3) is 10.6 Å². The zero-order chi connectivity index (χ0) is 20.7. The number of thiophene rings is 1. The van der Waals surface area contributed by atoms with Crippen LogP contribution in [-0.4, -0.2) is 51.4 Å². The van der Waals surface area contributed by atoms with Gasteiger partial charge in [-0.05, 0) is 60.4 Å². The van der Waals surface area contributed by atoms with Crippen molar-refractivity contribution in [2.75, 3.05) is 13.1 Å². The van der Waals surface area contributed by atoms with E-state index >= 15 is 0 Å². The van der Waals surface area contributed by atoms with Crippen molar-refractivity contribution < 1.29 is 19.0 Å². The second-order valence-electron chi connectivity index (χ2n) is 8.02. The Morgan fingerprint density at radius 1 is 1.20 bits per heavy atom. The maximum Gasteiger partial charge on any atom is 0.257 e. The number of aromatic amines is 1. The van der Waals surface area contributed by atoms with E-state index in [0.717, 1.165) is 10.6 Å². The summed E-state index contributed by atoms with van der Waals surface area (Å²) in [4.78, 5) is 16.0. The van der Waals surface area contributed by atoms with Gasteiger partial charge in [-0.25, -0.2) is 4.39 Å². The van der Waals surface area contributed by atoms with Gasteiger partial charge in [0.1, 0.15) is 17.7 Å². The zero-order valence-electron chi connectivity index (χ0n) is 16.2. The molecule has 3 aromatic rings. The van der Waals surface area contributed by atoms with E-state index in [1.54, 1.807) is 29.7 Å². The normalized spacial score (nSPS) is 25.9. The Balaban J connectivity index is 1.28. The molecule has 1 saturated carbocycles. The summed E-state index contributed by atoms with van der Waals surface area (Å²) in [6.07, 6.45) is 1.87. The number of H-pyrrole nitrogens is 1. The van der Waals surface area contributed by atoms with Crippen LogP contribution in [0.1, 0.15) is 23.2 Å². The van der Waals surface area contributed by atoms with E-state index in [-0.39, 0.29) is 29.7 Å². The predicted molar refractivity (Wildman–Crippen MR) is 111 cm³/mol. The summed E-state index contributed by atoms with van der Waals surface area (Å²) < 4.78 is 19.1. The first-order chi connectivity index (χ1) is 14.6. The lowest BCUT2D eigenvalue weighted by molar-refractivity contribution is -0.0231. The second-order valence-corrected chi connectivity index (χ2v) is 8.96. The van der Waals surface area contributed by atoms with E-state index in [9.17, 15) is 14.3 Å². The lowest BCUT2D eigenvalue weighted by Crippen LogP contribution is -2.42. The number of benzene rings is 1. The van der Waals surface area contributed by atoms with E-state index in [2.05, 4.69) is 10.2 Å². The van der Waals surface area contributed by atoms with Gasteiger partial charge in [-0.1, -0.05) is 6.07 Å². The number of likely N-dealkylation sites (tertiary alicyclic amines) is 1. The molecule has 0 unspecified atom stereocenters. The van der Waals surface area contributed by atoms with E-state index in [4.69, 9.17) is 4.74 Å². The number of ether oxygens (including phenoxy) is 1. The van der Waals surface area contributed by atoms with Crippen molar-refractivity contribution >= 4 is 17.2 Å². The van der Waals surface area contributed by atoms with Gasteiger partial charge >= 0.3 is 0 Å². The topological polar surface area (TPSA) is 78.5 Å². The standard InChI is InChI=1S/C22H22FN3O3S/c23-15-3-5-16(6-4-15)29-19-9-14-12-26(11-13(14)8-18(19)27)22(28)17-10-24-25-21(17)20-2-1-7-30-20/h1-7,10,13-14,18-19,27H,8-9,11-12H2,(H,24,25)/t13-,14+,18+,19+/m0/s1. The van der Waals surface area contributed by atoms with Gasteiger partial charge in [0.15, 0.2) is 0 Å². The molecule has 8 heteroatoms. The fourth-order valence-corrected chi connectivity index (χ4v) is 5.33. The number of nitrogens with one attached hydrogen (secondary N) is 1. The Kier molecular flexibility index (Phi) is 5.04. The van der Waals surface area contributed by atoms with Crippen LogP contribution in [-0.2, 0) is 0 Å². The number of amides is 1. The lowest BCUT2D eigenvalue weighted by Gasteiger charge is -2.35. The highest BCUT2D eigenvalue weighted by atomic mass is 32.1. The van der Waals surface area contributed by atoms with Crippen molar-refractivity contribution in [1.82, 2.24) is 15.1 Å². The zero-order valence-corrected chi connectivity index (χ0v) is 17.0. The average molecular weight is 428 g/mol. The number of carbonyl (C=O) groups is 1. The number of fused-ring (bicyclic) bond motifs is 1. The number of carbonyl (C=O) groups excluding carboxylic acids is 1. The van der Waals surface area contributed by atoms with Crippen molar-refractivity contribution in [3.63, 3.8) is 0 Å². The smallest absolute Gasteiger partial charge is 0.257 e. The molecule has 156 valence electrons. The number of hydrogen-bond donors (Lipinski definition) is 2. The molecular formula is C22H22FN3O3S. The van der Waals surface area contributed by atoms with Gasteiger partial charge in [0, 0.05) is 13.1 Å². The molecule has 4 atom stereocenters. The summed E-state index contributed by atoms with van der Waals surface area (Å²) in [6, 6.07) is 9.75. The molecule has 30 heavy (non-hydrogen) atoms. The summed E-state index contributed by atoms with van der Waals surface area (Å²) in [7, 11) is 0. The number of aliphatic hydroxyl groups is 1. The molecule has 1 aliphatic carbocycles. The van der Waals surface area contributed by atoms with Crippen molar-refractivity contribution in [2.45, 2.75) is 25.0 Å². The quantitative estimate of drug-likeness (QED) is 0.667. The van der Waals surface area contributed by atoms with Crippen LogP contribution >= 0.6 is 11.3 Å². The number of aliphatic hydroxyl groups excluding tert-OH is 1. The third-order valence-corrected chi connectivity index (χ3v) is 7.00. The SMILES string of the molecule is O=C(c1cn[nH]c1-c1cccs1)N1C[C@H]2C[C@@H](Oc3ccc(F)cc3)[C@H](O)C[C@H]2C1. The van der Waals surface area contributed by atoms with Crippen molar-refractivity contribution in [3.8, 4) is 16.3 Å². The monoisotopic (exact) mass is 427 g/mol. The highest BCUT2D eigenvalue weighted by Crippen LogP contribution is 2.39. The number of halogens is 1. The van der Waals surface area contributed by atoms with E-state index in [1.165, 1.54) is 12.1 Å². The molecule has 2 N–H and O–H groups in total. The molecule has 0 radical (unpaired) electrons. The first-order valence-electron chi connectivity index (χ1n) is 10.1. The molecule has 1 amide bonds. The van der Waals surface area contributed by atoms with Gasteiger partial charge in [0.05, 0.1) is 28.4 Å². The maximum atomic E-state index is 13.2. The summed E-state index contributed by atoms with van der Waals surface area (Å²) in [5.41, 5.74) is 1.33. The molecule has 1 aromatic carbocycles. The Morgan fingerprint density at radius 3 is 2.70 bits per heavy atom. The summed E-state index contributed by atoms with van der Waals surface area (Å²) >= 11 is 1.56. The third-order valence-electron chi connectivity index (χ3n) is 6.11. The van der Waals surface area contributed by atoms with Gasteiger partial charge in [-0.2, -0.15) is 5.10 Å². The summed E-state index contributed by atoms with van der Waals surface area (Å²) in [5, 5.41) is 19.6. The number of hydrogen-bond acceptors (Lipinski definition) is 5. The predicted octanol–water partition coefficient (Wildman–Crippen LogP) is 3.57. The fourth-order valence-electron chi connectivity index (χ4n) is 4.60. The minimum Gasteiger partial charge on any atom is -0.488 e. The number of aromatic nitrogens is 2. The Labute approximate surface area is 177 Å². The molecule has 1 saturated heterocycles. The highest BCUT2D eigenvalue weighted by molar-refractivity contribution is 7.13. The van der Waals surface area contributed by atoms with E-state index in [1.807, 2.05) is 22.4 Å². The van der Waals surface area contributed by atoms with E-state index < -0.39 is 6.10 Å². The van der Waals surface area contributed by atoms with Crippen molar-refractivity contribution in [3.05, 3.63) is 59.4 Å². The third kappa shape index (κ3) is 3.61. The lowest BCUT2D eigenvalue weighted by atomic mass is 9.78. The average Bonchev–Trinajstić information content (AvgIpc) is 3.49. The second kappa shape index (κ2) is 7.85. The van der Waals surface area contributed by atoms with E-state index in [0.29, 0.717) is 37.2 Å². The van der Waals surface area contributed by atoms with Crippen molar-refractivity contribution in [2.24, 2.45) is 11.8 Å². The summed E-state index contributed by atoms with van der Waals surface area (Å²) in [5.74, 6) is 0.697. The molecule has 3 heterocycles. The highest BCUT2D eigenvalue weighted by Gasteiger charge is 2.44. The fraction of sp³-hybridized carbons (Fsp3) is 0.364. The molecule has 2 fully saturated rings. The first kappa shape index (κ1) is 19.3. The Hall–Kier alpha value is -2.71. The van der Waals surface area contributed by atoms with Gasteiger partial charge in [-0.3, -0.25) is 9.89 Å². The molecule has 6 nitrogen and oxygen atoms in total. The number of rotatable bonds is 4. The molecule has 2 aromatic heterocycles. The number of nitrogens with zero attached hydrogens (tertiary/aromatic N) is 2. The molecule has 2 aliphatic rings. The molecule has 0 spiro atoms. The van der Waals surface area contributed by atoms with Crippen LogP contribution in [0.2, 0.25) is 0 Å². The van der Waals surface area contributed by atoms with Gasteiger partial charge in [0.2, 0.25) is 0 Å². The minimum atomic E-state index is -0.609. The van der Waals surface area contributed by atoms with Crippen LogP contribution < -0.4 is 4.74 Å². The van der Waals surface area contributed by atoms with Crippen LogP contribution in [0.4, 0.5) is 4.39 Å². The molecule has 0 bridgehead atoms. The van der Waals surface area contributed by atoms with Crippen LogP contribution in [0.5, 0.6) is 5.75 Å². The Morgan fingerprint density at radius 2 is 1.97 bits per heavy atom. The molecule has 1 aliphatic heterocycles. The van der Waals surface area contributed by atoms with Gasteiger partial charge in [0.25, 0.3) is 5.91 Å². The molecular weight excluding hydrogens is 405 g/mol. The minimum absolute atomic E-state index is 0.0351. The van der Waals surface area contributed by atoms with Crippen LogP contribution in [0.15, 0.2) is 48.0 Å². The largest absolute Gasteiger partial charge is 0.488 e. The summed E-state index contributed by atoms with van der Waals surface area (Å²) in [6.45, 7) is 1.26. The molecule has 5 rings (SSSR count). The van der Waals surface area contributed by atoms with Gasteiger partial charge in [-0.15, -0.1) is 11.3 Å². The van der Waals surface area contributed by atoms with Gasteiger partial charge < -0.3 is 14.7 Å². The first-order valence-corrected chi connectivity index (χ1v) is 10.9. The van der Waals surface area contributed by atoms with Crippen LogP contribution in [0, 0.1) is 17.7 Å².